The molecule has 0 saturated carbocycles. The lowest BCUT2D eigenvalue weighted by Crippen LogP contribution is -2.37. The molecule has 0 aromatic heterocycles. The quantitative estimate of drug-likeness (QED) is 0.815. The average molecular weight is 240 g/mol. The van der Waals surface area contributed by atoms with Gasteiger partial charge in [0.05, 0.1) is 5.69 Å². The van der Waals surface area contributed by atoms with Crippen molar-refractivity contribution in [3.63, 3.8) is 0 Å². The number of hydrogen-bond acceptors (Lipinski definition) is 2. The van der Waals surface area contributed by atoms with Crippen LogP contribution in [-0.2, 0) is 9.59 Å². The molecule has 1 aromatic rings. The van der Waals surface area contributed by atoms with Crippen molar-refractivity contribution in [2.24, 2.45) is 0 Å². The zero-order chi connectivity index (χ0) is 12.4. The second kappa shape index (κ2) is 4.48. The second-order valence-corrected chi connectivity index (χ2v) is 3.75. The highest BCUT2D eigenvalue weighted by Gasteiger charge is 2.27. The molecule has 4 nitrogen and oxygen atoms in total. The van der Waals surface area contributed by atoms with Crippen LogP contribution < -0.4 is 10.6 Å². The van der Waals surface area contributed by atoms with Crippen molar-refractivity contribution in [1.29, 1.82) is 0 Å². The number of hydrogen-bond donors (Lipinski definition) is 2. The first-order chi connectivity index (χ1) is 8.08. The van der Waals surface area contributed by atoms with Gasteiger partial charge in [-0.05, 0) is 18.6 Å². The van der Waals surface area contributed by atoms with Gasteiger partial charge in [0.2, 0.25) is 11.8 Å². The van der Waals surface area contributed by atoms with Crippen LogP contribution in [-0.4, -0.2) is 17.9 Å². The van der Waals surface area contributed by atoms with E-state index in [9.17, 15) is 18.4 Å². The Balaban J connectivity index is 2.08. The lowest BCUT2D eigenvalue weighted by atomic mass is 10.2. The lowest BCUT2D eigenvalue weighted by molar-refractivity contribution is -0.122. The van der Waals surface area contributed by atoms with Crippen molar-refractivity contribution in [3.8, 4) is 0 Å². The van der Waals surface area contributed by atoms with Gasteiger partial charge >= 0.3 is 0 Å². The molecule has 17 heavy (non-hydrogen) atoms. The fourth-order valence-electron chi connectivity index (χ4n) is 1.63. The largest absolute Gasteiger partial charge is 0.344 e. The van der Waals surface area contributed by atoms with Gasteiger partial charge in [-0.15, -0.1) is 0 Å². The SMILES string of the molecule is O=C1CCC(C(=O)Nc2cccc(F)c2F)N1. The summed E-state index contributed by atoms with van der Waals surface area (Å²) in [6.45, 7) is 0. The van der Waals surface area contributed by atoms with Crippen LogP contribution in [0.2, 0.25) is 0 Å². The highest BCUT2D eigenvalue weighted by Crippen LogP contribution is 2.17. The van der Waals surface area contributed by atoms with Gasteiger partial charge in [-0.1, -0.05) is 6.07 Å². The predicted molar refractivity (Wildman–Crippen MR) is 56.2 cm³/mol. The Morgan fingerprint density at radius 2 is 2.18 bits per heavy atom. The molecule has 2 rings (SSSR count). The Bertz CT molecular complexity index is 477. The van der Waals surface area contributed by atoms with E-state index in [1.54, 1.807) is 0 Å². The van der Waals surface area contributed by atoms with E-state index in [0.29, 0.717) is 6.42 Å². The zero-order valence-corrected chi connectivity index (χ0v) is 8.80. The summed E-state index contributed by atoms with van der Waals surface area (Å²) >= 11 is 0. The van der Waals surface area contributed by atoms with E-state index < -0.39 is 23.6 Å². The standard InChI is InChI=1S/C11H10F2N2O2/c12-6-2-1-3-7(10(6)13)15-11(17)8-4-5-9(16)14-8/h1-3,8H,4-5H2,(H,14,16)(H,15,17). The Kier molecular flexibility index (Phi) is 3.03. The number of halogens is 2. The summed E-state index contributed by atoms with van der Waals surface area (Å²) in [7, 11) is 0. The minimum Gasteiger partial charge on any atom is -0.344 e. The Labute approximate surface area is 96.0 Å². The molecule has 6 heteroatoms. The smallest absolute Gasteiger partial charge is 0.247 e. The van der Waals surface area contributed by atoms with Crippen molar-refractivity contribution < 1.29 is 18.4 Å². The van der Waals surface area contributed by atoms with Crippen molar-refractivity contribution >= 4 is 17.5 Å². The van der Waals surface area contributed by atoms with E-state index in [1.165, 1.54) is 12.1 Å². The monoisotopic (exact) mass is 240 g/mol. The highest BCUT2D eigenvalue weighted by atomic mass is 19.2. The normalized spacial score (nSPS) is 18.9. The van der Waals surface area contributed by atoms with E-state index >= 15 is 0 Å². The van der Waals surface area contributed by atoms with Crippen LogP contribution in [0.5, 0.6) is 0 Å². The van der Waals surface area contributed by atoms with E-state index in [1.807, 2.05) is 0 Å². The van der Waals surface area contributed by atoms with Gasteiger partial charge < -0.3 is 10.6 Å². The number of nitrogens with one attached hydrogen (secondary N) is 2. The van der Waals surface area contributed by atoms with E-state index in [0.717, 1.165) is 6.07 Å². The molecule has 0 radical (unpaired) electrons. The van der Waals surface area contributed by atoms with Crippen LogP contribution in [0.1, 0.15) is 12.8 Å². The van der Waals surface area contributed by atoms with E-state index in [4.69, 9.17) is 0 Å². The topological polar surface area (TPSA) is 58.2 Å². The Morgan fingerprint density at radius 3 is 2.82 bits per heavy atom. The number of carbonyl (C=O) groups excluding carboxylic acids is 2. The number of benzene rings is 1. The number of anilines is 1. The summed E-state index contributed by atoms with van der Waals surface area (Å²) in [5.41, 5.74) is -0.226. The molecule has 1 unspecified atom stereocenters. The second-order valence-electron chi connectivity index (χ2n) is 3.75. The van der Waals surface area contributed by atoms with Crippen molar-refractivity contribution in [3.05, 3.63) is 29.8 Å². The van der Waals surface area contributed by atoms with Gasteiger partial charge in [0.15, 0.2) is 11.6 Å². The van der Waals surface area contributed by atoms with Gasteiger partial charge in [0.1, 0.15) is 6.04 Å². The van der Waals surface area contributed by atoms with Crippen LogP contribution in [0, 0.1) is 11.6 Å². The molecule has 90 valence electrons. The molecular weight excluding hydrogens is 230 g/mol. The first kappa shape index (κ1) is 11.5. The summed E-state index contributed by atoms with van der Waals surface area (Å²) in [5.74, 6) is -2.89. The molecule has 1 aromatic carbocycles. The molecule has 1 aliphatic heterocycles. The van der Waals surface area contributed by atoms with Crippen molar-refractivity contribution in [1.82, 2.24) is 5.32 Å². The minimum atomic E-state index is -1.11. The molecular formula is C11H10F2N2O2. The van der Waals surface area contributed by atoms with E-state index in [2.05, 4.69) is 10.6 Å². The van der Waals surface area contributed by atoms with Gasteiger partial charge in [-0.2, -0.15) is 0 Å². The third-order valence-electron chi connectivity index (χ3n) is 2.52. The molecule has 2 amide bonds. The average Bonchev–Trinajstić information content (AvgIpc) is 2.72. The van der Waals surface area contributed by atoms with Gasteiger partial charge in [0, 0.05) is 6.42 Å². The maximum atomic E-state index is 13.2. The number of rotatable bonds is 2. The summed E-state index contributed by atoms with van der Waals surface area (Å²) in [4.78, 5) is 22.5. The number of amides is 2. The fourth-order valence-corrected chi connectivity index (χ4v) is 1.63. The summed E-state index contributed by atoms with van der Waals surface area (Å²) in [6.07, 6.45) is 0.630. The predicted octanol–water partition coefficient (Wildman–Crippen LogP) is 1.18. The molecule has 0 bridgehead atoms. The van der Waals surface area contributed by atoms with Crippen molar-refractivity contribution in [2.45, 2.75) is 18.9 Å². The van der Waals surface area contributed by atoms with Crippen LogP contribution in [0.25, 0.3) is 0 Å². The maximum absolute atomic E-state index is 13.2. The van der Waals surface area contributed by atoms with Gasteiger partial charge in [0.25, 0.3) is 0 Å². The first-order valence-electron chi connectivity index (χ1n) is 5.12. The summed E-state index contributed by atoms with van der Waals surface area (Å²) in [6, 6.07) is 2.83. The molecule has 0 spiro atoms. The van der Waals surface area contributed by atoms with Crippen molar-refractivity contribution in [2.75, 3.05) is 5.32 Å². The third kappa shape index (κ3) is 2.41. The summed E-state index contributed by atoms with van der Waals surface area (Å²) < 4.78 is 26.1. The highest BCUT2D eigenvalue weighted by molar-refractivity contribution is 5.99. The molecule has 0 aliphatic carbocycles. The van der Waals surface area contributed by atoms with E-state index in [-0.39, 0.29) is 18.0 Å². The Morgan fingerprint density at radius 1 is 1.41 bits per heavy atom. The van der Waals surface area contributed by atoms with Gasteiger partial charge in [-0.25, -0.2) is 8.78 Å². The van der Waals surface area contributed by atoms with Crippen LogP contribution >= 0.6 is 0 Å². The van der Waals surface area contributed by atoms with Gasteiger partial charge in [-0.3, -0.25) is 9.59 Å². The Hall–Kier alpha value is -1.98. The number of carbonyl (C=O) groups is 2. The molecule has 1 fully saturated rings. The fraction of sp³-hybridized carbons (Fsp3) is 0.273. The third-order valence-corrected chi connectivity index (χ3v) is 2.52. The molecule has 1 atom stereocenters. The minimum absolute atomic E-state index is 0.218. The molecule has 1 aliphatic rings. The lowest BCUT2D eigenvalue weighted by Gasteiger charge is -2.11. The zero-order valence-electron chi connectivity index (χ0n) is 8.80. The molecule has 1 saturated heterocycles. The maximum Gasteiger partial charge on any atom is 0.247 e. The molecule has 1 heterocycles. The first-order valence-corrected chi connectivity index (χ1v) is 5.12. The van der Waals surface area contributed by atoms with Crippen LogP contribution in [0.15, 0.2) is 18.2 Å². The summed E-state index contributed by atoms with van der Waals surface area (Å²) in [5, 5.41) is 4.69. The van der Waals surface area contributed by atoms with Crippen LogP contribution in [0.4, 0.5) is 14.5 Å². The molecule has 2 N–H and O–H groups in total. The van der Waals surface area contributed by atoms with Crippen LogP contribution in [0.3, 0.4) is 0 Å².